The van der Waals surface area contributed by atoms with Gasteiger partial charge in [-0.05, 0) is 50.1 Å². The van der Waals surface area contributed by atoms with E-state index in [1.807, 2.05) is 42.5 Å². The van der Waals surface area contributed by atoms with Gasteiger partial charge in [-0.25, -0.2) is 8.42 Å². The van der Waals surface area contributed by atoms with Crippen molar-refractivity contribution in [3.05, 3.63) is 48.5 Å². The molecule has 0 aromatic heterocycles. The predicted octanol–water partition coefficient (Wildman–Crippen LogP) is 2.85. The number of para-hydroxylation sites is 2. The van der Waals surface area contributed by atoms with Gasteiger partial charge in [-0.2, -0.15) is 0 Å². The van der Waals surface area contributed by atoms with E-state index < -0.39 is 10.0 Å². The van der Waals surface area contributed by atoms with Crippen LogP contribution in [0.5, 0.6) is 11.5 Å². The molecular formula is C22H29N3O4S. The van der Waals surface area contributed by atoms with Gasteiger partial charge in [-0.3, -0.25) is 4.72 Å². The van der Waals surface area contributed by atoms with E-state index in [-0.39, 0.29) is 11.9 Å². The molecule has 2 N–H and O–H groups in total. The molecule has 0 saturated carbocycles. The van der Waals surface area contributed by atoms with Gasteiger partial charge in [0.1, 0.15) is 12.7 Å². The summed E-state index contributed by atoms with van der Waals surface area (Å²) in [5, 5.41) is 3.62. The van der Waals surface area contributed by atoms with Gasteiger partial charge in [0.05, 0.1) is 11.4 Å². The minimum atomic E-state index is -3.27. The first-order chi connectivity index (χ1) is 14.5. The number of fused-ring (bicyclic) bond motifs is 1. The van der Waals surface area contributed by atoms with Crippen molar-refractivity contribution in [2.45, 2.75) is 31.9 Å². The Kier molecular flexibility index (Phi) is 6.34. The van der Waals surface area contributed by atoms with Crippen LogP contribution < -0.4 is 24.4 Å². The van der Waals surface area contributed by atoms with Gasteiger partial charge in [0.15, 0.2) is 11.5 Å². The third-order valence-corrected chi connectivity index (χ3v) is 6.87. The van der Waals surface area contributed by atoms with Crippen LogP contribution in [0.25, 0.3) is 0 Å². The van der Waals surface area contributed by atoms with Crippen LogP contribution in [0.3, 0.4) is 0 Å². The third-order valence-electron chi connectivity index (χ3n) is 5.56. The maximum absolute atomic E-state index is 11.8. The zero-order valence-corrected chi connectivity index (χ0v) is 18.0. The second-order valence-electron chi connectivity index (χ2n) is 7.72. The van der Waals surface area contributed by atoms with Gasteiger partial charge in [-0.15, -0.1) is 0 Å². The number of hydrogen-bond acceptors (Lipinski definition) is 6. The number of sulfonamides is 1. The van der Waals surface area contributed by atoms with Crippen molar-refractivity contribution in [3.8, 4) is 11.5 Å². The van der Waals surface area contributed by atoms with E-state index in [2.05, 4.69) is 14.9 Å². The maximum Gasteiger partial charge on any atom is 0.232 e. The molecule has 1 atom stereocenters. The summed E-state index contributed by atoms with van der Waals surface area (Å²) in [5.74, 6) is 1.68. The molecule has 2 heterocycles. The van der Waals surface area contributed by atoms with Crippen molar-refractivity contribution in [2.75, 3.05) is 41.6 Å². The second-order valence-corrected chi connectivity index (χ2v) is 9.73. The number of rotatable bonds is 7. The van der Waals surface area contributed by atoms with Crippen molar-refractivity contribution < 1.29 is 17.9 Å². The third kappa shape index (κ3) is 5.17. The standard InChI is InChI=1S/C22H29N3O4S/c1-2-30(26,27)24-18-6-5-7-19(14-18)25-12-10-17(11-13-25)23-15-20-16-28-21-8-3-4-9-22(21)29-20/h3-9,14,17,20,23-24H,2,10-13,15-16H2,1H3. The fraction of sp³-hybridized carbons (Fsp3) is 0.455. The highest BCUT2D eigenvalue weighted by atomic mass is 32.2. The Labute approximate surface area is 178 Å². The topological polar surface area (TPSA) is 79.9 Å². The summed E-state index contributed by atoms with van der Waals surface area (Å²) in [5.41, 5.74) is 1.66. The average molecular weight is 432 g/mol. The number of benzene rings is 2. The summed E-state index contributed by atoms with van der Waals surface area (Å²) in [6.45, 7) is 4.79. The molecule has 8 heteroatoms. The molecule has 1 saturated heterocycles. The first-order valence-corrected chi connectivity index (χ1v) is 12.1. The largest absolute Gasteiger partial charge is 0.486 e. The molecule has 2 aliphatic heterocycles. The highest BCUT2D eigenvalue weighted by Gasteiger charge is 2.24. The normalized spacial score (nSPS) is 19.5. The van der Waals surface area contributed by atoms with Gasteiger partial charge in [0.2, 0.25) is 10.0 Å². The van der Waals surface area contributed by atoms with Crippen LogP contribution in [-0.4, -0.2) is 52.6 Å². The van der Waals surface area contributed by atoms with E-state index in [0.717, 1.165) is 49.7 Å². The molecule has 2 aromatic carbocycles. The van der Waals surface area contributed by atoms with Crippen LogP contribution in [0.15, 0.2) is 48.5 Å². The lowest BCUT2D eigenvalue weighted by atomic mass is 10.0. The number of nitrogens with zero attached hydrogens (tertiary/aromatic N) is 1. The average Bonchev–Trinajstić information content (AvgIpc) is 2.78. The SMILES string of the molecule is CCS(=O)(=O)Nc1cccc(N2CCC(NCC3COc4ccccc4O3)CC2)c1. The molecule has 0 spiro atoms. The molecule has 162 valence electrons. The number of piperidine rings is 1. The van der Waals surface area contributed by atoms with E-state index in [1.165, 1.54) is 0 Å². The predicted molar refractivity (Wildman–Crippen MR) is 119 cm³/mol. The number of ether oxygens (including phenoxy) is 2. The van der Waals surface area contributed by atoms with E-state index in [1.54, 1.807) is 13.0 Å². The van der Waals surface area contributed by atoms with Crippen LogP contribution in [0.1, 0.15) is 19.8 Å². The molecule has 1 unspecified atom stereocenters. The smallest absolute Gasteiger partial charge is 0.232 e. The molecule has 7 nitrogen and oxygen atoms in total. The Bertz CT molecular complexity index is 958. The molecule has 2 aliphatic rings. The second kappa shape index (κ2) is 9.14. The van der Waals surface area contributed by atoms with E-state index >= 15 is 0 Å². The highest BCUT2D eigenvalue weighted by Crippen LogP contribution is 2.31. The van der Waals surface area contributed by atoms with Gasteiger partial charge >= 0.3 is 0 Å². The molecule has 30 heavy (non-hydrogen) atoms. The van der Waals surface area contributed by atoms with Crippen molar-refractivity contribution in [1.29, 1.82) is 0 Å². The minimum absolute atomic E-state index is 0.0150. The van der Waals surface area contributed by atoms with Crippen molar-refractivity contribution >= 4 is 21.4 Å². The molecular weight excluding hydrogens is 402 g/mol. The summed E-state index contributed by atoms with van der Waals surface area (Å²) in [6, 6.07) is 15.8. The number of nitrogens with one attached hydrogen (secondary N) is 2. The molecule has 0 amide bonds. The van der Waals surface area contributed by atoms with Gasteiger partial charge in [-0.1, -0.05) is 18.2 Å². The van der Waals surface area contributed by atoms with Crippen LogP contribution in [0.2, 0.25) is 0 Å². The van der Waals surface area contributed by atoms with Crippen molar-refractivity contribution in [3.63, 3.8) is 0 Å². The minimum Gasteiger partial charge on any atom is -0.486 e. The summed E-state index contributed by atoms with van der Waals surface area (Å²) < 4.78 is 38.1. The Hall–Kier alpha value is -2.45. The Morgan fingerprint density at radius 1 is 1.07 bits per heavy atom. The summed E-state index contributed by atoms with van der Waals surface area (Å²) in [7, 11) is -3.27. The molecule has 0 radical (unpaired) electrons. The molecule has 2 aromatic rings. The highest BCUT2D eigenvalue weighted by molar-refractivity contribution is 7.92. The molecule has 0 bridgehead atoms. The number of hydrogen-bond donors (Lipinski definition) is 2. The zero-order chi connectivity index (χ0) is 21.0. The first kappa shape index (κ1) is 20.8. The van der Waals surface area contributed by atoms with Crippen molar-refractivity contribution in [1.82, 2.24) is 5.32 Å². The summed E-state index contributed by atoms with van der Waals surface area (Å²) >= 11 is 0. The lowest BCUT2D eigenvalue weighted by molar-refractivity contribution is 0.0873. The Morgan fingerprint density at radius 3 is 2.60 bits per heavy atom. The maximum atomic E-state index is 11.8. The monoisotopic (exact) mass is 431 g/mol. The fourth-order valence-corrected chi connectivity index (χ4v) is 4.45. The fourth-order valence-electron chi connectivity index (χ4n) is 3.82. The lowest BCUT2D eigenvalue weighted by Crippen LogP contribution is -2.47. The lowest BCUT2D eigenvalue weighted by Gasteiger charge is -2.35. The van der Waals surface area contributed by atoms with E-state index in [4.69, 9.17) is 9.47 Å². The number of anilines is 2. The molecule has 4 rings (SSSR count). The van der Waals surface area contributed by atoms with Crippen LogP contribution in [0, 0.1) is 0 Å². The molecule has 1 fully saturated rings. The van der Waals surface area contributed by atoms with Crippen LogP contribution in [0.4, 0.5) is 11.4 Å². The zero-order valence-electron chi connectivity index (χ0n) is 17.2. The molecule has 0 aliphatic carbocycles. The van der Waals surface area contributed by atoms with Crippen LogP contribution in [-0.2, 0) is 10.0 Å². The summed E-state index contributed by atoms with van der Waals surface area (Å²) in [4.78, 5) is 2.30. The van der Waals surface area contributed by atoms with E-state index in [0.29, 0.717) is 18.3 Å². The van der Waals surface area contributed by atoms with E-state index in [9.17, 15) is 8.42 Å². The van der Waals surface area contributed by atoms with Crippen LogP contribution >= 0.6 is 0 Å². The summed E-state index contributed by atoms with van der Waals surface area (Å²) in [6.07, 6.45) is 2.06. The van der Waals surface area contributed by atoms with Crippen molar-refractivity contribution in [2.24, 2.45) is 0 Å². The Balaban J connectivity index is 1.26. The first-order valence-electron chi connectivity index (χ1n) is 10.5. The van der Waals surface area contributed by atoms with Gasteiger partial charge in [0, 0.05) is 31.4 Å². The quantitative estimate of drug-likeness (QED) is 0.702. The van der Waals surface area contributed by atoms with Gasteiger partial charge in [0.25, 0.3) is 0 Å². The Morgan fingerprint density at radius 2 is 1.83 bits per heavy atom. The van der Waals surface area contributed by atoms with Gasteiger partial charge < -0.3 is 19.7 Å².